The summed E-state index contributed by atoms with van der Waals surface area (Å²) in [4.78, 5) is 14.4. The SMILES string of the molecule is CN[C@@H](C)C/C=C/c1cncc(OC)c1.O=C(O)c1cc(O)ccc1O. The number of carbonyl (C=O) groups is 1. The molecular weight excluding hydrogens is 336 g/mol. The van der Waals surface area contributed by atoms with Gasteiger partial charge in [-0.25, -0.2) is 4.79 Å². The molecule has 0 amide bonds. The molecule has 0 aliphatic rings. The van der Waals surface area contributed by atoms with Gasteiger partial charge in [-0.15, -0.1) is 0 Å². The molecule has 0 fully saturated rings. The van der Waals surface area contributed by atoms with Crippen LogP contribution in [0.3, 0.4) is 0 Å². The van der Waals surface area contributed by atoms with Crippen molar-refractivity contribution in [3.63, 3.8) is 0 Å². The number of ether oxygens (including phenoxy) is 1. The lowest BCUT2D eigenvalue weighted by atomic mass is 10.2. The van der Waals surface area contributed by atoms with Crippen LogP contribution in [0.1, 0.15) is 29.3 Å². The molecule has 1 heterocycles. The van der Waals surface area contributed by atoms with Crippen molar-refractivity contribution in [2.24, 2.45) is 0 Å². The molecule has 4 N–H and O–H groups in total. The Kier molecular flexibility index (Phi) is 8.66. The number of carboxylic acid groups (broad SMARTS) is 1. The van der Waals surface area contributed by atoms with Gasteiger partial charge in [0.25, 0.3) is 0 Å². The maximum Gasteiger partial charge on any atom is 0.339 e. The molecule has 1 aromatic carbocycles. The summed E-state index contributed by atoms with van der Waals surface area (Å²) in [7, 11) is 3.61. The van der Waals surface area contributed by atoms with Crippen molar-refractivity contribution in [3.8, 4) is 17.2 Å². The smallest absolute Gasteiger partial charge is 0.339 e. The van der Waals surface area contributed by atoms with Gasteiger partial charge in [0.1, 0.15) is 22.8 Å². The second-order valence-electron chi connectivity index (χ2n) is 5.49. The highest BCUT2D eigenvalue weighted by Crippen LogP contribution is 2.21. The van der Waals surface area contributed by atoms with E-state index in [4.69, 9.17) is 20.1 Å². The van der Waals surface area contributed by atoms with E-state index in [2.05, 4.69) is 29.4 Å². The summed E-state index contributed by atoms with van der Waals surface area (Å²) in [6.07, 6.45) is 8.73. The predicted molar refractivity (Wildman–Crippen MR) is 99.7 cm³/mol. The van der Waals surface area contributed by atoms with Gasteiger partial charge in [0.05, 0.1) is 13.3 Å². The molecule has 0 radical (unpaired) electrons. The zero-order chi connectivity index (χ0) is 19.5. The molecule has 2 aromatic rings. The number of phenolic OH excluding ortho intramolecular Hbond substituents is 1. The van der Waals surface area contributed by atoms with E-state index in [0.29, 0.717) is 6.04 Å². The van der Waals surface area contributed by atoms with Crippen LogP contribution >= 0.6 is 0 Å². The number of aromatic carboxylic acids is 1. The first-order valence-corrected chi connectivity index (χ1v) is 7.95. The first-order chi connectivity index (χ1) is 12.4. The summed E-state index contributed by atoms with van der Waals surface area (Å²) in [6, 6.07) is 5.78. The van der Waals surface area contributed by atoms with Gasteiger partial charge < -0.3 is 25.4 Å². The Bertz CT molecular complexity index is 746. The Balaban J connectivity index is 0.000000273. The second kappa shape index (κ2) is 10.7. The number of carboxylic acids is 1. The molecule has 0 bridgehead atoms. The van der Waals surface area contributed by atoms with Gasteiger partial charge in [0.2, 0.25) is 0 Å². The topological polar surface area (TPSA) is 112 Å². The molecule has 140 valence electrons. The second-order valence-corrected chi connectivity index (χ2v) is 5.49. The summed E-state index contributed by atoms with van der Waals surface area (Å²) in [5, 5.41) is 29.3. The van der Waals surface area contributed by atoms with Crippen LogP contribution in [0.25, 0.3) is 6.08 Å². The Morgan fingerprint density at radius 3 is 2.62 bits per heavy atom. The van der Waals surface area contributed by atoms with Crippen molar-refractivity contribution in [2.45, 2.75) is 19.4 Å². The largest absolute Gasteiger partial charge is 0.508 e. The summed E-state index contributed by atoms with van der Waals surface area (Å²) in [6.45, 7) is 2.15. The highest BCUT2D eigenvalue weighted by molar-refractivity contribution is 5.91. The van der Waals surface area contributed by atoms with Crippen molar-refractivity contribution < 1.29 is 24.9 Å². The Morgan fingerprint density at radius 1 is 1.31 bits per heavy atom. The number of phenols is 2. The third-order valence-corrected chi connectivity index (χ3v) is 3.47. The van der Waals surface area contributed by atoms with Gasteiger partial charge in [0.15, 0.2) is 0 Å². The van der Waals surface area contributed by atoms with Gasteiger partial charge in [-0.2, -0.15) is 0 Å². The van der Waals surface area contributed by atoms with E-state index in [-0.39, 0.29) is 17.1 Å². The number of benzene rings is 1. The number of nitrogens with zero attached hydrogens (tertiary/aromatic N) is 1. The van der Waals surface area contributed by atoms with Crippen LogP contribution in [0.5, 0.6) is 17.2 Å². The fourth-order valence-electron chi connectivity index (χ4n) is 1.86. The molecule has 1 aromatic heterocycles. The van der Waals surface area contributed by atoms with Gasteiger partial charge in [-0.3, -0.25) is 4.98 Å². The highest BCUT2D eigenvalue weighted by Gasteiger charge is 2.08. The molecule has 0 saturated carbocycles. The minimum atomic E-state index is -1.27. The quantitative estimate of drug-likeness (QED) is 0.586. The summed E-state index contributed by atoms with van der Waals surface area (Å²) in [5.74, 6) is -1.01. The average molecular weight is 360 g/mol. The van der Waals surface area contributed by atoms with Crippen molar-refractivity contribution in [1.82, 2.24) is 10.3 Å². The molecular formula is C19H24N2O5. The lowest BCUT2D eigenvalue weighted by Crippen LogP contribution is -2.19. The van der Waals surface area contributed by atoms with E-state index in [1.807, 2.05) is 19.3 Å². The standard InChI is InChI=1S/C12H18N2O.C7H6O4/c1-10(13-2)5-4-6-11-7-12(15-3)9-14-8-11;8-4-1-2-6(9)5(3-4)7(10)11/h4,6-10,13H,5H2,1-3H3;1-3,8-9H,(H,10,11)/b6-4+;/t10-;/m0./s1. The van der Waals surface area contributed by atoms with E-state index in [0.717, 1.165) is 29.9 Å². The van der Waals surface area contributed by atoms with E-state index in [9.17, 15) is 4.79 Å². The lowest BCUT2D eigenvalue weighted by Gasteiger charge is -2.05. The Morgan fingerprint density at radius 2 is 2.04 bits per heavy atom. The molecule has 0 spiro atoms. The van der Waals surface area contributed by atoms with E-state index in [1.54, 1.807) is 13.3 Å². The zero-order valence-corrected chi connectivity index (χ0v) is 15.0. The van der Waals surface area contributed by atoms with Gasteiger partial charge >= 0.3 is 5.97 Å². The predicted octanol–water partition coefficient (Wildman–Crippen LogP) is 2.90. The van der Waals surface area contributed by atoms with Gasteiger partial charge in [-0.1, -0.05) is 12.2 Å². The maximum atomic E-state index is 10.3. The van der Waals surface area contributed by atoms with Crippen LogP contribution in [0, 0.1) is 0 Å². The molecule has 0 saturated heterocycles. The zero-order valence-electron chi connectivity index (χ0n) is 15.0. The van der Waals surface area contributed by atoms with E-state index >= 15 is 0 Å². The molecule has 26 heavy (non-hydrogen) atoms. The van der Waals surface area contributed by atoms with Crippen molar-refractivity contribution >= 4 is 12.0 Å². The van der Waals surface area contributed by atoms with E-state index < -0.39 is 5.97 Å². The third kappa shape index (κ3) is 7.23. The molecule has 0 aliphatic heterocycles. The number of nitrogens with one attached hydrogen (secondary N) is 1. The van der Waals surface area contributed by atoms with Gasteiger partial charge in [0, 0.05) is 12.2 Å². The molecule has 7 heteroatoms. The summed E-state index contributed by atoms with van der Waals surface area (Å²) < 4.78 is 5.09. The van der Waals surface area contributed by atoms with Crippen LogP contribution in [0.2, 0.25) is 0 Å². The first-order valence-electron chi connectivity index (χ1n) is 7.95. The van der Waals surface area contributed by atoms with Crippen molar-refractivity contribution in [2.75, 3.05) is 14.2 Å². The fourth-order valence-corrected chi connectivity index (χ4v) is 1.86. The molecule has 0 aliphatic carbocycles. The summed E-state index contributed by atoms with van der Waals surface area (Å²) in [5.41, 5.74) is 0.766. The fraction of sp³-hybridized carbons (Fsp3) is 0.263. The molecule has 2 rings (SSSR count). The minimum absolute atomic E-state index is 0.180. The van der Waals surface area contributed by atoms with Gasteiger partial charge in [-0.05, 0) is 50.2 Å². The summed E-state index contributed by atoms with van der Waals surface area (Å²) >= 11 is 0. The number of rotatable bonds is 6. The Hall–Kier alpha value is -3.06. The number of hydrogen-bond donors (Lipinski definition) is 4. The molecule has 0 unspecified atom stereocenters. The van der Waals surface area contributed by atoms with Crippen molar-refractivity contribution in [3.05, 3.63) is 53.9 Å². The average Bonchev–Trinajstić information content (AvgIpc) is 2.64. The number of aromatic nitrogens is 1. The number of methoxy groups -OCH3 is 1. The van der Waals surface area contributed by atoms with Crippen LogP contribution < -0.4 is 10.1 Å². The van der Waals surface area contributed by atoms with E-state index in [1.165, 1.54) is 6.07 Å². The maximum absolute atomic E-state index is 10.3. The van der Waals surface area contributed by atoms with Crippen LogP contribution in [-0.2, 0) is 0 Å². The van der Waals surface area contributed by atoms with Crippen LogP contribution in [0.15, 0.2) is 42.7 Å². The van der Waals surface area contributed by atoms with Crippen LogP contribution in [0.4, 0.5) is 0 Å². The number of aromatic hydroxyl groups is 2. The Labute approximate surface area is 152 Å². The monoisotopic (exact) mass is 360 g/mol. The molecule has 7 nitrogen and oxygen atoms in total. The third-order valence-electron chi connectivity index (χ3n) is 3.47. The number of pyridine rings is 1. The first kappa shape index (κ1) is 21.0. The minimum Gasteiger partial charge on any atom is -0.508 e. The van der Waals surface area contributed by atoms with Crippen LogP contribution in [-0.4, -0.2) is 46.5 Å². The van der Waals surface area contributed by atoms with Crippen molar-refractivity contribution in [1.29, 1.82) is 0 Å². The normalized spacial score (nSPS) is 11.5. The number of hydrogen-bond acceptors (Lipinski definition) is 6. The molecule has 1 atom stereocenters. The highest BCUT2D eigenvalue weighted by atomic mass is 16.5. The lowest BCUT2D eigenvalue weighted by molar-refractivity contribution is 0.0693.